The molecule has 0 amide bonds. The Hall–Kier alpha value is -2.92. The van der Waals surface area contributed by atoms with Crippen LogP contribution in [0.3, 0.4) is 0 Å². The summed E-state index contributed by atoms with van der Waals surface area (Å²) in [5.41, 5.74) is 2.00. The molecule has 0 unspecified atom stereocenters. The average Bonchev–Trinajstić information content (AvgIpc) is 2.65. The normalized spacial score (nSPS) is 10.6. The van der Waals surface area contributed by atoms with Crippen LogP contribution in [0.4, 0.5) is 0 Å². The highest BCUT2D eigenvalue weighted by atomic mass is 35.5. The standard InChI is InChI=1S/C20H16ClNO4/c1-12-17(9-14-5-8-16(25-2)10-18(14)22-12)20(24)26-11-19(23)13-3-6-15(21)7-4-13/h3-10H,11H2,1-2H3. The molecule has 0 aliphatic carbocycles. The largest absolute Gasteiger partial charge is 0.497 e. The van der Waals surface area contributed by atoms with E-state index in [1.54, 1.807) is 56.5 Å². The Morgan fingerprint density at radius 2 is 1.81 bits per heavy atom. The second kappa shape index (κ2) is 7.54. The molecule has 2 aromatic carbocycles. The summed E-state index contributed by atoms with van der Waals surface area (Å²) in [6.07, 6.45) is 0. The maximum Gasteiger partial charge on any atom is 0.340 e. The van der Waals surface area contributed by atoms with Crippen LogP contribution in [-0.2, 0) is 4.74 Å². The molecule has 5 nitrogen and oxygen atoms in total. The van der Waals surface area contributed by atoms with Gasteiger partial charge < -0.3 is 9.47 Å². The molecule has 3 aromatic rings. The Labute approximate surface area is 155 Å². The highest BCUT2D eigenvalue weighted by Crippen LogP contribution is 2.22. The second-order valence-corrected chi connectivity index (χ2v) is 6.12. The third-order valence-electron chi connectivity index (χ3n) is 3.94. The van der Waals surface area contributed by atoms with Gasteiger partial charge in [0.25, 0.3) is 0 Å². The zero-order chi connectivity index (χ0) is 18.7. The first kappa shape index (κ1) is 17.9. The quantitative estimate of drug-likeness (QED) is 0.497. The summed E-state index contributed by atoms with van der Waals surface area (Å²) in [5, 5.41) is 1.32. The number of benzene rings is 2. The predicted octanol–water partition coefficient (Wildman–Crippen LogP) is 4.24. The minimum Gasteiger partial charge on any atom is -0.497 e. The van der Waals surface area contributed by atoms with Gasteiger partial charge in [-0.05, 0) is 49.4 Å². The fourth-order valence-electron chi connectivity index (χ4n) is 2.50. The van der Waals surface area contributed by atoms with Crippen LogP contribution in [0.2, 0.25) is 5.02 Å². The Morgan fingerprint density at radius 1 is 1.08 bits per heavy atom. The van der Waals surface area contributed by atoms with Crippen molar-refractivity contribution in [2.75, 3.05) is 13.7 Å². The zero-order valence-electron chi connectivity index (χ0n) is 14.3. The summed E-state index contributed by atoms with van der Waals surface area (Å²) in [6, 6.07) is 13.5. The van der Waals surface area contributed by atoms with Gasteiger partial charge in [-0.2, -0.15) is 0 Å². The summed E-state index contributed by atoms with van der Waals surface area (Å²) < 4.78 is 10.3. The first-order valence-corrected chi connectivity index (χ1v) is 8.27. The van der Waals surface area contributed by atoms with Crippen molar-refractivity contribution in [3.63, 3.8) is 0 Å². The highest BCUT2D eigenvalue weighted by molar-refractivity contribution is 6.30. The van der Waals surface area contributed by atoms with Crippen molar-refractivity contribution < 1.29 is 19.1 Å². The minimum atomic E-state index is -0.588. The van der Waals surface area contributed by atoms with Gasteiger partial charge in [0.15, 0.2) is 12.4 Å². The van der Waals surface area contributed by atoms with Gasteiger partial charge in [0.05, 0.1) is 23.9 Å². The molecule has 3 rings (SSSR count). The van der Waals surface area contributed by atoms with Crippen molar-refractivity contribution in [2.45, 2.75) is 6.92 Å². The molecule has 0 N–H and O–H groups in total. The second-order valence-electron chi connectivity index (χ2n) is 5.69. The lowest BCUT2D eigenvalue weighted by Crippen LogP contribution is -2.15. The maximum atomic E-state index is 12.4. The summed E-state index contributed by atoms with van der Waals surface area (Å²) in [4.78, 5) is 28.9. The van der Waals surface area contributed by atoms with Crippen LogP contribution in [0.15, 0.2) is 48.5 Å². The van der Waals surface area contributed by atoms with Crippen LogP contribution in [-0.4, -0.2) is 30.5 Å². The number of ether oxygens (including phenoxy) is 2. The number of nitrogens with zero attached hydrogens (tertiary/aromatic N) is 1. The number of carbonyl (C=O) groups is 2. The number of rotatable bonds is 5. The number of aromatic nitrogens is 1. The summed E-state index contributed by atoms with van der Waals surface area (Å²) >= 11 is 5.80. The van der Waals surface area contributed by atoms with Crippen LogP contribution in [0.25, 0.3) is 10.9 Å². The molecule has 0 radical (unpaired) electrons. The number of carbonyl (C=O) groups excluding carboxylic acids is 2. The Balaban J connectivity index is 1.76. The molecule has 0 fully saturated rings. The summed E-state index contributed by atoms with van der Waals surface area (Å²) in [6.45, 7) is 1.37. The van der Waals surface area contributed by atoms with Crippen LogP contribution in [0.1, 0.15) is 26.4 Å². The van der Waals surface area contributed by atoms with Crippen molar-refractivity contribution in [2.24, 2.45) is 0 Å². The molecular weight excluding hydrogens is 354 g/mol. The number of fused-ring (bicyclic) bond motifs is 1. The van der Waals surface area contributed by atoms with Gasteiger partial charge in [-0.15, -0.1) is 0 Å². The van der Waals surface area contributed by atoms with E-state index in [1.807, 2.05) is 6.07 Å². The molecule has 1 heterocycles. The fraction of sp³-hybridized carbons (Fsp3) is 0.150. The zero-order valence-corrected chi connectivity index (χ0v) is 15.0. The van der Waals surface area contributed by atoms with Gasteiger partial charge in [-0.25, -0.2) is 4.79 Å². The van der Waals surface area contributed by atoms with Gasteiger partial charge in [-0.3, -0.25) is 9.78 Å². The number of hydrogen-bond acceptors (Lipinski definition) is 5. The first-order chi connectivity index (χ1) is 12.5. The lowest BCUT2D eigenvalue weighted by Gasteiger charge is -2.09. The van der Waals surface area contributed by atoms with Crippen LogP contribution < -0.4 is 4.74 Å². The number of Topliss-reactive ketones (excluding diaryl/α,β-unsaturated/α-hetero) is 1. The van der Waals surface area contributed by atoms with Crippen molar-refractivity contribution in [1.29, 1.82) is 0 Å². The molecule has 0 aliphatic rings. The maximum absolute atomic E-state index is 12.4. The minimum absolute atomic E-state index is 0.300. The molecule has 1 aromatic heterocycles. The predicted molar refractivity (Wildman–Crippen MR) is 99.1 cm³/mol. The molecule has 0 bridgehead atoms. The van der Waals surface area contributed by atoms with Crippen LogP contribution in [0.5, 0.6) is 5.75 Å². The number of halogens is 1. The van der Waals surface area contributed by atoms with Gasteiger partial charge in [0.1, 0.15) is 5.75 Å². The number of esters is 1. The van der Waals surface area contributed by atoms with E-state index in [9.17, 15) is 9.59 Å². The number of ketones is 1. The smallest absolute Gasteiger partial charge is 0.340 e. The van der Waals surface area contributed by atoms with E-state index in [4.69, 9.17) is 21.1 Å². The van der Waals surface area contributed by atoms with E-state index in [-0.39, 0.29) is 12.4 Å². The summed E-state index contributed by atoms with van der Waals surface area (Å²) in [5.74, 6) is -0.200. The van der Waals surface area contributed by atoms with Crippen molar-refractivity contribution in [3.8, 4) is 5.75 Å². The molecule has 0 aliphatic heterocycles. The molecular formula is C20H16ClNO4. The van der Waals surface area contributed by atoms with E-state index in [1.165, 1.54) is 0 Å². The van der Waals surface area contributed by atoms with Gasteiger partial charge in [0.2, 0.25) is 0 Å². The van der Waals surface area contributed by atoms with Crippen molar-refractivity contribution >= 4 is 34.3 Å². The Bertz CT molecular complexity index is 983. The molecule has 0 spiro atoms. The first-order valence-electron chi connectivity index (χ1n) is 7.89. The third kappa shape index (κ3) is 3.83. The highest BCUT2D eigenvalue weighted by Gasteiger charge is 2.16. The van der Waals surface area contributed by atoms with Gasteiger partial charge >= 0.3 is 5.97 Å². The SMILES string of the molecule is COc1ccc2cc(C(=O)OCC(=O)c3ccc(Cl)cc3)c(C)nc2c1. The number of aryl methyl sites for hydroxylation is 1. The van der Waals surface area contributed by atoms with E-state index < -0.39 is 5.97 Å². The van der Waals surface area contributed by atoms with Crippen LogP contribution in [0, 0.1) is 6.92 Å². The molecule has 0 saturated carbocycles. The molecule has 6 heteroatoms. The van der Waals surface area contributed by atoms with E-state index in [0.717, 1.165) is 10.9 Å². The Morgan fingerprint density at radius 3 is 2.50 bits per heavy atom. The van der Waals surface area contributed by atoms with Crippen LogP contribution >= 0.6 is 11.6 Å². The van der Waals surface area contributed by atoms with Gasteiger partial charge in [0, 0.05) is 22.0 Å². The van der Waals surface area contributed by atoms with Gasteiger partial charge in [-0.1, -0.05) is 11.6 Å². The lowest BCUT2D eigenvalue weighted by molar-refractivity contribution is 0.0473. The molecule has 0 atom stereocenters. The number of pyridine rings is 1. The average molecular weight is 370 g/mol. The molecule has 26 heavy (non-hydrogen) atoms. The Kier molecular flexibility index (Phi) is 5.19. The lowest BCUT2D eigenvalue weighted by atomic mass is 10.1. The van der Waals surface area contributed by atoms with E-state index in [2.05, 4.69) is 4.98 Å². The monoisotopic (exact) mass is 369 g/mol. The van der Waals surface area contributed by atoms with E-state index in [0.29, 0.717) is 27.6 Å². The van der Waals surface area contributed by atoms with Crippen molar-refractivity contribution in [1.82, 2.24) is 4.98 Å². The number of hydrogen-bond donors (Lipinski definition) is 0. The third-order valence-corrected chi connectivity index (χ3v) is 4.19. The molecule has 0 saturated heterocycles. The summed E-state index contributed by atoms with van der Waals surface area (Å²) in [7, 11) is 1.58. The molecule has 132 valence electrons. The number of methoxy groups -OCH3 is 1. The van der Waals surface area contributed by atoms with E-state index >= 15 is 0 Å². The van der Waals surface area contributed by atoms with Crippen molar-refractivity contribution in [3.05, 3.63) is 70.4 Å². The topological polar surface area (TPSA) is 65.5 Å². The fourth-order valence-corrected chi connectivity index (χ4v) is 2.63.